The van der Waals surface area contributed by atoms with E-state index in [4.69, 9.17) is 10.2 Å². The molecule has 0 saturated carbocycles. The number of hydrogen-bond acceptors (Lipinski definition) is 7. The van der Waals surface area contributed by atoms with Crippen LogP contribution >= 0.6 is 23.1 Å². The summed E-state index contributed by atoms with van der Waals surface area (Å²) in [5.41, 5.74) is 6.45. The number of anilines is 1. The Morgan fingerprint density at radius 2 is 2.15 bits per heavy atom. The van der Waals surface area contributed by atoms with Gasteiger partial charge < -0.3 is 20.4 Å². The molecule has 0 spiro atoms. The Hall–Kier alpha value is -2.33. The molecular formula is C17H20N4O4S2. The zero-order valence-corrected chi connectivity index (χ0v) is 16.4. The number of carbonyl (C=O) groups is 3. The van der Waals surface area contributed by atoms with Gasteiger partial charge in [0.2, 0.25) is 11.8 Å². The SMILES string of the molecule is Cc1nc(NC(=O)C2CCN(C(=O)c3ccoc3)CC2)sc1SCC(N)=O. The minimum Gasteiger partial charge on any atom is -0.472 e. The van der Waals surface area contributed by atoms with Crippen molar-refractivity contribution in [2.75, 3.05) is 24.2 Å². The Morgan fingerprint density at radius 1 is 1.41 bits per heavy atom. The molecule has 2 aromatic rings. The van der Waals surface area contributed by atoms with Gasteiger partial charge in [-0.3, -0.25) is 14.4 Å². The van der Waals surface area contributed by atoms with Crippen molar-refractivity contribution in [1.29, 1.82) is 0 Å². The van der Waals surface area contributed by atoms with Gasteiger partial charge in [-0.05, 0) is 25.8 Å². The minimum absolute atomic E-state index is 0.0747. The standard InChI is InChI=1S/C17H20N4O4S2/c1-10-16(26-9-13(18)22)27-17(19-10)20-14(23)11-2-5-21(6-3-11)15(24)12-4-7-25-8-12/h4,7-8,11H,2-3,5-6,9H2,1H3,(H2,18,22)(H,19,20,23). The Balaban J connectivity index is 1.52. The van der Waals surface area contributed by atoms with Gasteiger partial charge in [-0.1, -0.05) is 11.3 Å². The van der Waals surface area contributed by atoms with Crippen molar-refractivity contribution < 1.29 is 18.8 Å². The quantitative estimate of drug-likeness (QED) is 0.707. The summed E-state index contributed by atoms with van der Waals surface area (Å²) in [7, 11) is 0. The normalized spacial score (nSPS) is 14.9. The second-order valence-corrected chi connectivity index (χ2v) is 8.46. The van der Waals surface area contributed by atoms with Gasteiger partial charge in [0, 0.05) is 19.0 Å². The van der Waals surface area contributed by atoms with Crippen LogP contribution in [0, 0.1) is 12.8 Å². The molecule has 1 saturated heterocycles. The van der Waals surface area contributed by atoms with Crippen LogP contribution < -0.4 is 11.1 Å². The molecule has 0 radical (unpaired) electrons. The predicted molar refractivity (Wildman–Crippen MR) is 103 cm³/mol. The van der Waals surface area contributed by atoms with E-state index in [2.05, 4.69) is 10.3 Å². The van der Waals surface area contributed by atoms with Crippen molar-refractivity contribution >= 4 is 46.0 Å². The Morgan fingerprint density at radius 3 is 2.78 bits per heavy atom. The summed E-state index contributed by atoms with van der Waals surface area (Å²) in [4.78, 5) is 41.8. The van der Waals surface area contributed by atoms with Gasteiger partial charge in [0.1, 0.15) is 6.26 Å². The molecule has 1 aliphatic rings. The van der Waals surface area contributed by atoms with E-state index >= 15 is 0 Å². The molecule has 3 N–H and O–H groups in total. The molecule has 0 unspecified atom stereocenters. The van der Waals surface area contributed by atoms with Crippen LogP contribution in [0.4, 0.5) is 5.13 Å². The van der Waals surface area contributed by atoms with Gasteiger partial charge in [0.15, 0.2) is 5.13 Å². The first-order chi connectivity index (χ1) is 12.9. The zero-order valence-electron chi connectivity index (χ0n) is 14.8. The van der Waals surface area contributed by atoms with Crippen LogP contribution in [0.15, 0.2) is 27.2 Å². The number of aromatic nitrogens is 1. The first kappa shape index (κ1) is 19.4. The molecule has 1 aliphatic heterocycles. The van der Waals surface area contributed by atoms with E-state index in [0.29, 0.717) is 36.6 Å². The molecule has 3 heterocycles. The van der Waals surface area contributed by atoms with Gasteiger partial charge in [-0.25, -0.2) is 4.98 Å². The number of thioether (sulfide) groups is 1. The van der Waals surface area contributed by atoms with Gasteiger partial charge in [-0.2, -0.15) is 0 Å². The Bertz CT molecular complexity index is 826. The number of primary amides is 1. The van der Waals surface area contributed by atoms with Crippen molar-refractivity contribution in [3.63, 3.8) is 0 Å². The smallest absolute Gasteiger partial charge is 0.257 e. The summed E-state index contributed by atoms with van der Waals surface area (Å²) < 4.78 is 5.81. The van der Waals surface area contributed by atoms with Gasteiger partial charge in [-0.15, -0.1) is 11.8 Å². The third-order valence-corrected chi connectivity index (χ3v) is 6.71. The van der Waals surface area contributed by atoms with Crippen molar-refractivity contribution in [1.82, 2.24) is 9.88 Å². The van der Waals surface area contributed by atoms with E-state index in [0.717, 1.165) is 9.90 Å². The van der Waals surface area contributed by atoms with E-state index in [-0.39, 0.29) is 23.5 Å². The summed E-state index contributed by atoms with van der Waals surface area (Å²) in [6, 6.07) is 1.64. The molecule has 2 aromatic heterocycles. The molecule has 27 heavy (non-hydrogen) atoms. The maximum atomic E-state index is 12.5. The van der Waals surface area contributed by atoms with E-state index in [1.165, 1.54) is 35.6 Å². The minimum atomic E-state index is -0.393. The first-order valence-electron chi connectivity index (χ1n) is 8.45. The van der Waals surface area contributed by atoms with E-state index < -0.39 is 5.91 Å². The van der Waals surface area contributed by atoms with Crippen molar-refractivity contribution in [3.8, 4) is 0 Å². The molecule has 3 rings (SSSR count). The number of furan rings is 1. The Labute approximate surface area is 164 Å². The number of carbonyl (C=O) groups excluding carboxylic acids is 3. The van der Waals surface area contributed by atoms with E-state index in [9.17, 15) is 14.4 Å². The zero-order chi connectivity index (χ0) is 19.4. The van der Waals surface area contributed by atoms with Crippen molar-refractivity contribution in [3.05, 3.63) is 29.9 Å². The monoisotopic (exact) mass is 408 g/mol. The second-order valence-electron chi connectivity index (χ2n) is 6.21. The van der Waals surface area contributed by atoms with E-state index in [1.807, 2.05) is 6.92 Å². The maximum Gasteiger partial charge on any atom is 0.257 e. The van der Waals surface area contributed by atoms with Crippen LogP contribution in [0.1, 0.15) is 28.9 Å². The largest absolute Gasteiger partial charge is 0.472 e. The van der Waals surface area contributed by atoms with Crippen LogP contribution in [0.2, 0.25) is 0 Å². The molecule has 1 fully saturated rings. The lowest BCUT2D eigenvalue weighted by atomic mass is 9.95. The fraction of sp³-hybridized carbons (Fsp3) is 0.412. The predicted octanol–water partition coefficient (Wildman–Crippen LogP) is 2.11. The van der Waals surface area contributed by atoms with Gasteiger partial charge in [0.25, 0.3) is 5.91 Å². The molecule has 144 valence electrons. The first-order valence-corrected chi connectivity index (χ1v) is 10.2. The highest BCUT2D eigenvalue weighted by atomic mass is 32.2. The summed E-state index contributed by atoms with van der Waals surface area (Å²) in [5.74, 6) is -0.543. The molecule has 8 nitrogen and oxygen atoms in total. The number of amides is 3. The van der Waals surface area contributed by atoms with Crippen LogP contribution in [-0.4, -0.2) is 46.4 Å². The second kappa shape index (κ2) is 8.57. The third kappa shape index (κ3) is 4.89. The summed E-state index contributed by atoms with van der Waals surface area (Å²) >= 11 is 2.65. The van der Waals surface area contributed by atoms with Gasteiger partial charge in [0.05, 0.1) is 27.5 Å². The highest BCUT2D eigenvalue weighted by Gasteiger charge is 2.28. The highest BCUT2D eigenvalue weighted by Crippen LogP contribution is 2.32. The van der Waals surface area contributed by atoms with Crippen LogP contribution in [-0.2, 0) is 9.59 Å². The molecule has 10 heteroatoms. The summed E-state index contributed by atoms with van der Waals surface area (Å²) in [6.45, 7) is 2.88. The molecule has 0 bridgehead atoms. The lowest BCUT2D eigenvalue weighted by molar-refractivity contribution is -0.121. The fourth-order valence-electron chi connectivity index (χ4n) is 2.83. The summed E-state index contributed by atoms with van der Waals surface area (Å²) in [5, 5.41) is 3.37. The van der Waals surface area contributed by atoms with Gasteiger partial charge >= 0.3 is 0 Å². The number of nitrogens with one attached hydrogen (secondary N) is 1. The number of aryl methyl sites for hydroxylation is 1. The van der Waals surface area contributed by atoms with E-state index in [1.54, 1.807) is 11.0 Å². The summed E-state index contributed by atoms with van der Waals surface area (Å²) in [6.07, 6.45) is 4.10. The average molecular weight is 409 g/mol. The molecule has 3 amide bonds. The lowest BCUT2D eigenvalue weighted by Crippen LogP contribution is -2.41. The van der Waals surface area contributed by atoms with Crippen LogP contribution in [0.5, 0.6) is 0 Å². The highest BCUT2D eigenvalue weighted by molar-refractivity contribution is 8.01. The van der Waals surface area contributed by atoms with Crippen LogP contribution in [0.25, 0.3) is 0 Å². The number of nitrogens with zero attached hydrogens (tertiary/aromatic N) is 2. The fourth-order valence-corrected chi connectivity index (χ4v) is 4.71. The molecule has 0 aromatic carbocycles. The maximum absolute atomic E-state index is 12.5. The van der Waals surface area contributed by atoms with Crippen LogP contribution in [0.3, 0.4) is 0 Å². The molecule has 0 aliphatic carbocycles. The number of rotatable bonds is 6. The number of nitrogens with two attached hydrogens (primary N) is 1. The van der Waals surface area contributed by atoms with Crippen molar-refractivity contribution in [2.45, 2.75) is 24.0 Å². The lowest BCUT2D eigenvalue weighted by Gasteiger charge is -2.30. The topological polar surface area (TPSA) is 119 Å². The number of likely N-dealkylation sites (tertiary alicyclic amines) is 1. The number of piperidine rings is 1. The Kier molecular flexibility index (Phi) is 6.17. The number of thiazole rings is 1. The van der Waals surface area contributed by atoms with Crippen molar-refractivity contribution in [2.24, 2.45) is 11.7 Å². The number of hydrogen-bond donors (Lipinski definition) is 2. The average Bonchev–Trinajstić information content (AvgIpc) is 3.29. The third-order valence-electron chi connectivity index (χ3n) is 4.25. The molecule has 0 atom stereocenters. The molecular weight excluding hydrogens is 388 g/mol.